The lowest BCUT2D eigenvalue weighted by Crippen LogP contribution is -2.11. The molecule has 0 spiro atoms. The zero-order valence-corrected chi connectivity index (χ0v) is 9.11. The van der Waals surface area contributed by atoms with Gasteiger partial charge in [-0.1, -0.05) is 12.1 Å². The summed E-state index contributed by atoms with van der Waals surface area (Å²) in [5.74, 6) is -0.0262. The number of phenols is 1. The van der Waals surface area contributed by atoms with Crippen molar-refractivity contribution >= 4 is 11.0 Å². The number of hydrogen-bond acceptors (Lipinski definition) is 4. The van der Waals surface area contributed by atoms with Crippen LogP contribution in [-0.2, 0) is 11.3 Å². The first-order valence-electron chi connectivity index (χ1n) is 4.88. The summed E-state index contributed by atoms with van der Waals surface area (Å²) in [6, 6.07) is 4.99. The first kappa shape index (κ1) is 10.7. The highest BCUT2D eigenvalue weighted by atomic mass is 16.5. The van der Waals surface area contributed by atoms with E-state index in [9.17, 15) is 9.90 Å². The van der Waals surface area contributed by atoms with E-state index in [0.29, 0.717) is 5.56 Å². The third-order valence-corrected chi connectivity index (χ3v) is 2.58. The molecule has 1 heterocycles. The second-order valence-corrected chi connectivity index (χ2v) is 3.58. The van der Waals surface area contributed by atoms with Crippen LogP contribution in [0, 0.1) is 6.92 Å². The van der Waals surface area contributed by atoms with Gasteiger partial charge < -0.3 is 14.3 Å². The van der Waals surface area contributed by atoms with Crippen LogP contribution in [0.25, 0.3) is 11.0 Å². The van der Waals surface area contributed by atoms with Gasteiger partial charge in [-0.25, -0.2) is 4.79 Å². The first-order valence-corrected chi connectivity index (χ1v) is 4.88. The van der Waals surface area contributed by atoms with Gasteiger partial charge in [0.25, 0.3) is 0 Å². The Kier molecular flexibility index (Phi) is 2.66. The smallest absolute Gasteiger partial charge is 0.342 e. The number of aryl methyl sites for hydroxylation is 1. The Morgan fingerprint density at radius 3 is 2.88 bits per heavy atom. The van der Waals surface area contributed by atoms with E-state index in [0.717, 1.165) is 10.9 Å². The fourth-order valence-electron chi connectivity index (χ4n) is 1.71. The molecule has 0 bridgehead atoms. The van der Waals surface area contributed by atoms with Gasteiger partial charge in [0.15, 0.2) is 11.3 Å². The Morgan fingerprint density at radius 1 is 1.44 bits per heavy atom. The molecule has 1 aromatic heterocycles. The molecule has 84 valence electrons. The van der Waals surface area contributed by atoms with Crippen LogP contribution in [-0.4, -0.2) is 12.2 Å². The van der Waals surface area contributed by atoms with Crippen molar-refractivity contribution in [3.63, 3.8) is 0 Å². The topological polar surface area (TPSA) is 59.7 Å². The summed E-state index contributed by atoms with van der Waals surface area (Å²) >= 11 is 0. The van der Waals surface area contributed by atoms with E-state index < -0.39 is 5.63 Å². The molecule has 2 rings (SSSR count). The van der Waals surface area contributed by atoms with Crippen LogP contribution >= 0.6 is 0 Å². The summed E-state index contributed by atoms with van der Waals surface area (Å²) in [6.07, 6.45) is 0. The molecular weight excluding hydrogens is 208 g/mol. The maximum atomic E-state index is 11.6. The van der Waals surface area contributed by atoms with Gasteiger partial charge in [-0.05, 0) is 18.6 Å². The van der Waals surface area contributed by atoms with E-state index in [-0.39, 0.29) is 17.9 Å². The van der Waals surface area contributed by atoms with Crippen LogP contribution in [0.3, 0.4) is 0 Å². The highest BCUT2D eigenvalue weighted by Crippen LogP contribution is 2.26. The molecule has 0 aliphatic carbocycles. The third kappa shape index (κ3) is 1.57. The van der Waals surface area contributed by atoms with Gasteiger partial charge in [0.1, 0.15) is 0 Å². The van der Waals surface area contributed by atoms with Gasteiger partial charge >= 0.3 is 5.63 Å². The summed E-state index contributed by atoms with van der Waals surface area (Å²) < 4.78 is 10.0. The largest absolute Gasteiger partial charge is 0.504 e. The average Bonchev–Trinajstić information content (AvgIpc) is 2.26. The Labute approximate surface area is 92.1 Å². The molecule has 4 heteroatoms. The van der Waals surface area contributed by atoms with Crippen molar-refractivity contribution in [2.24, 2.45) is 0 Å². The molecule has 0 atom stereocenters. The highest BCUT2D eigenvalue weighted by Gasteiger charge is 2.12. The molecule has 0 fully saturated rings. The van der Waals surface area contributed by atoms with Crippen LogP contribution in [0.2, 0.25) is 0 Å². The minimum Gasteiger partial charge on any atom is -0.504 e. The third-order valence-electron chi connectivity index (χ3n) is 2.58. The van der Waals surface area contributed by atoms with E-state index in [4.69, 9.17) is 9.15 Å². The Hall–Kier alpha value is -1.81. The summed E-state index contributed by atoms with van der Waals surface area (Å²) in [7, 11) is 1.52. The lowest BCUT2D eigenvalue weighted by molar-refractivity contribution is 0.181. The second kappa shape index (κ2) is 3.98. The van der Waals surface area contributed by atoms with Gasteiger partial charge in [-0.15, -0.1) is 0 Å². The first-order chi connectivity index (χ1) is 7.65. The fourth-order valence-corrected chi connectivity index (χ4v) is 1.71. The number of rotatable bonds is 2. The number of methoxy groups -OCH3 is 1. The molecule has 0 saturated heterocycles. The Bertz CT molecular complexity index is 583. The molecule has 1 N–H and O–H groups in total. The van der Waals surface area contributed by atoms with Crippen molar-refractivity contribution in [3.8, 4) is 5.75 Å². The summed E-state index contributed by atoms with van der Waals surface area (Å²) in [4.78, 5) is 11.6. The quantitative estimate of drug-likeness (QED) is 0.786. The van der Waals surface area contributed by atoms with Crippen molar-refractivity contribution in [2.75, 3.05) is 7.11 Å². The number of fused-ring (bicyclic) bond motifs is 1. The summed E-state index contributed by atoms with van der Waals surface area (Å²) in [5.41, 5.74) is 1.03. The standard InChI is InChI=1S/C12H12O4/c1-7-8-4-3-5-10(13)11(8)16-12(14)9(7)6-15-2/h3-5,13H,6H2,1-2H3. The van der Waals surface area contributed by atoms with Gasteiger partial charge in [0.05, 0.1) is 12.2 Å². The predicted molar refractivity (Wildman–Crippen MR) is 59.6 cm³/mol. The number of phenolic OH excluding ortho intramolecular Hbond substituents is 1. The van der Waals surface area contributed by atoms with E-state index in [1.54, 1.807) is 12.1 Å². The molecular formula is C12H12O4. The Balaban J connectivity index is 2.84. The Morgan fingerprint density at radius 2 is 2.19 bits per heavy atom. The van der Waals surface area contributed by atoms with Crippen molar-refractivity contribution in [3.05, 3.63) is 39.7 Å². The average molecular weight is 220 g/mol. The van der Waals surface area contributed by atoms with E-state index in [1.807, 2.05) is 6.92 Å². The molecule has 0 aliphatic rings. The molecule has 0 amide bonds. The van der Waals surface area contributed by atoms with E-state index in [1.165, 1.54) is 13.2 Å². The molecule has 16 heavy (non-hydrogen) atoms. The molecule has 4 nitrogen and oxygen atoms in total. The normalized spacial score (nSPS) is 10.9. The van der Waals surface area contributed by atoms with E-state index >= 15 is 0 Å². The zero-order chi connectivity index (χ0) is 11.7. The van der Waals surface area contributed by atoms with Crippen LogP contribution in [0.4, 0.5) is 0 Å². The van der Waals surface area contributed by atoms with Crippen LogP contribution in [0.1, 0.15) is 11.1 Å². The van der Waals surface area contributed by atoms with Crippen LogP contribution < -0.4 is 5.63 Å². The molecule has 0 unspecified atom stereocenters. The summed E-state index contributed by atoms with van der Waals surface area (Å²) in [5, 5.41) is 10.3. The minimum absolute atomic E-state index is 0.0262. The SMILES string of the molecule is COCc1c(C)c2cccc(O)c2oc1=O. The molecule has 0 aliphatic heterocycles. The minimum atomic E-state index is -0.464. The second-order valence-electron chi connectivity index (χ2n) is 3.58. The molecule has 2 aromatic rings. The lowest BCUT2D eigenvalue weighted by Gasteiger charge is -2.07. The number of benzene rings is 1. The van der Waals surface area contributed by atoms with Crippen molar-refractivity contribution in [1.82, 2.24) is 0 Å². The number of aromatic hydroxyl groups is 1. The number of hydrogen-bond donors (Lipinski definition) is 1. The monoisotopic (exact) mass is 220 g/mol. The maximum Gasteiger partial charge on any atom is 0.342 e. The van der Waals surface area contributed by atoms with Gasteiger partial charge in [0, 0.05) is 12.5 Å². The predicted octanol–water partition coefficient (Wildman–Crippen LogP) is 1.95. The van der Waals surface area contributed by atoms with E-state index in [2.05, 4.69) is 0 Å². The van der Waals surface area contributed by atoms with Crippen molar-refractivity contribution in [1.29, 1.82) is 0 Å². The van der Waals surface area contributed by atoms with Gasteiger partial charge in [-0.2, -0.15) is 0 Å². The lowest BCUT2D eigenvalue weighted by atomic mass is 10.1. The number of ether oxygens (including phenoxy) is 1. The fraction of sp³-hybridized carbons (Fsp3) is 0.250. The zero-order valence-electron chi connectivity index (χ0n) is 9.11. The molecule has 0 radical (unpaired) electrons. The summed E-state index contributed by atoms with van der Waals surface area (Å²) in [6.45, 7) is 2.02. The van der Waals surface area contributed by atoms with Crippen LogP contribution in [0.5, 0.6) is 5.75 Å². The van der Waals surface area contributed by atoms with Crippen LogP contribution in [0.15, 0.2) is 27.4 Å². The molecule has 1 aromatic carbocycles. The molecule has 0 saturated carbocycles. The van der Waals surface area contributed by atoms with Gasteiger partial charge in [-0.3, -0.25) is 0 Å². The van der Waals surface area contributed by atoms with Crippen molar-refractivity contribution in [2.45, 2.75) is 13.5 Å². The van der Waals surface area contributed by atoms with Gasteiger partial charge in [0.2, 0.25) is 0 Å². The maximum absolute atomic E-state index is 11.6. The number of para-hydroxylation sites is 1. The van der Waals surface area contributed by atoms with Crippen molar-refractivity contribution < 1.29 is 14.3 Å². The highest BCUT2D eigenvalue weighted by molar-refractivity contribution is 5.85.